The van der Waals surface area contributed by atoms with Crippen molar-refractivity contribution in [2.24, 2.45) is 0 Å². The number of amides is 1. The van der Waals surface area contributed by atoms with E-state index in [2.05, 4.69) is 35.0 Å². The van der Waals surface area contributed by atoms with Crippen LogP contribution in [0.4, 0.5) is 11.4 Å². The fourth-order valence-corrected chi connectivity index (χ4v) is 3.74. The zero-order valence-corrected chi connectivity index (χ0v) is 19.5. The third kappa shape index (κ3) is 6.50. The van der Waals surface area contributed by atoms with E-state index in [1.165, 1.54) is 0 Å². The van der Waals surface area contributed by atoms with Crippen LogP contribution in [0.3, 0.4) is 0 Å². The summed E-state index contributed by atoms with van der Waals surface area (Å²) in [5, 5.41) is 3.04. The zero-order chi connectivity index (χ0) is 22.8. The standard InChI is InChI=1S/C26H35N3O3/c1-4-6-19-32-24-13-11-21(20-25(24)31-3)12-14-26(30)27-22-9-7-8-10-23(22)29-17-15-28(5-2)16-18-29/h7-14,20H,4-6,15-19H2,1-3H3,(H,27,30)/b14-12+. The van der Waals surface area contributed by atoms with Gasteiger partial charge in [-0.1, -0.05) is 38.5 Å². The van der Waals surface area contributed by atoms with Crippen LogP contribution in [0.25, 0.3) is 6.08 Å². The number of anilines is 2. The van der Waals surface area contributed by atoms with Crippen LogP contribution < -0.4 is 19.7 Å². The van der Waals surface area contributed by atoms with Gasteiger partial charge in [-0.05, 0) is 48.9 Å². The highest BCUT2D eigenvalue weighted by molar-refractivity contribution is 6.03. The van der Waals surface area contributed by atoms with E-state index in [1.807, 2.05) is 36.4 Å². The number of rotatable bonds is 10. The Morgan fingerprint density at radius 3 is 2.56 bits per heavy atom. The predicted molar refractivity (Wildman–Crippen MR) is 132 cm³/mol. The lowest BCUT2D eigenvalue weighted by molar-refractivity contribution is -0.111. The summed E-state index contributed by atoms with van der Waals surface area (Å²) in [4.78, 5) is 17.4. The van der Waals surface area contributed by atoms with Crippen LogP contribution in [0.2, 0.25) is 0 Å². The Morgan fingerprint density at radius 2 is 1.84 bits per heavy atom. The van der Waals surface area contributed by atoms with E-state index < -0.39 is 0 Å². The van der Waals surface area contributed by atoms with Crippen LogP contribution in [0, 0.1) is 0 Å². The first-order valence-electron chi connectivity index (χ1n) is 11.5. The van der Waals surface area contributed by atoms with Crippen LogP contribution in [-0.4, -0.2) is 57.2 Å². The number of hydrogen-bond acceptors (Lipinski definition) is 5. The topological polar surface area (TPSA) is 54.0 Å². The Hall–Kier alpha value is -2.99. The van der Waals surface area contributed by atoms with Gasteiger partial charge in [0.2, 0.25) is 5.91 Å². The van der Waals surface area contributed by atoms with E-state index >= 15 is 0 Å². The first kappa shape index (κ1) is 23.7. The number of likely N-dealkylation sites (N-methyl/N-ethyl adjacent to an activating group) is 1. The molecule has 1 saturated heterocycles. The summed E-state index contributed by atoms with van der Waals surface area (Å²) in [5.41, 5.74) is 2.79. The molecule has 0 bridgehead atoms. The van der Waals surface area contributed by atoms with Gasteiger partial charge in [0.05, 0.1) is 25.1 Å². The Labute approximate surface area is 191 Å². The third-order valence-corrected chi connectivity index (χ3v) is 5.69. The summed E-state index contributed by atoms with van der Waals surface area (Å²) in [6.07, 6.45) is 5.42. The van der Waals surface area contributed by atoms with Gasteiger partial charge in [0.25, 0.3) is 0 Å². The summed E-state index contributed by atoms with van der Waals surface area (Å²) < 4.78 is 11.2. The lowest BCUT2D eigenvalue weighted by Crippen LogP contribution is -2.46. The van der Waals surface area contributed by atoms with Gasteiger partial charge in [0, 0.05) is 32.3 Å². The number of nitrogens with one attached hydrogen (secondary N) is 1. The first-order chi connectivity index (χ1) is 15.6. The molecule has 6 heteroatoms. The minimum atomic E-state index is -0.160. The van der Waals surface area contributed by atoms with Gasteiger partial charge in [-0.15, -0.1) is 0 Å². The van der Waals surface area contributed by atoms with E-state index in [0.29, 0.717) is 12.4 Å². The van der Waals surface area contributed by atoms with E-state index in [-0.39, 0.29) is 5.91 Å². The van der Waals surface area contributed by atoms with Crippen LogP contribution in [-0.2, 0) is 4.79 Å². The normalized spacial score (nSPS) is 14.5. The average Bonchev–Trinajstić information content (AvgIpc) is 2.84. The van der Waals surface area contributed by atoms with Gasteiger partial charge in [-0.2, -0.15) is 0 Å². The molecule has 2 aromatic rings. The van der Waals surface area contributed by atoms with Gasteiger partial charge < -0.3 is 24.6 Å². The van der Waals surface area contributed by atoms with Crippen molar-refractivity contribution in [2.45, 2.75) is 26.7 Å². The molecule has 6 nitrogen and oxygen atoms in total. The molecule has 1 fully saturated rings. The van der Waals surface area contributed by atoms with Crippen molar-refractivity contribution in [2.75, 3.05) is 56.7 Å². The molecule has 1 aliphatic rings. The maximum atomic E-state index is 12.6. The minimum Gasteiger partial charge on any atom is -0.493 e. The fourth-order valence-electron chi connectivity index (χ4n) is 3.74. The van der Waals surface area contributed by atoms with Gasteiger partial charge >= 0.3 is 0 Å². The molecule has 0 aliphatic carbocycles. The maximum absolute atomic E-state index is 12.6. The summed E-state index contributed by atoms with van der Waals surface area (Å²) in [6.45, 7) is 10.1. The van der Waals surface area contributed by atoms with Crippen LogP contribution in [0.1, 0.15) is 32.3 Å². The van der Waals surface area contributed by atoms with E-state index in [1.54, 1.807) is 19.3 Å². The third-order valence-electron chi connectivity index (χ3n) is 5.69. The lowest BCUT2D eigenvalue weighted by atomic mass is 10.1. The maximum Gasteiger partial charge on any atom is 0.248 e. The number of unbranched alkanes of at least 4 members (excludes halogenated alkanes) is 1. The minimum absolute atomic E-state index is 0.160. The van der Waals surface area contributed by atoms with Crippen molar-refractivity contribution in [3.8, 4) is 11.5 Å². The Bertz CT molecular complexity index is 905. The molecular weight excluding hydrogens is 402 g/mol. The first-order valence-corrected chi connectivity index (χ1v) is 11.5. The van der Waals surface area contributed by atoms with Crippen LogP contribution in [0.5, 0.6) is 11.5 Å². The van der Waals surface area contributed by atoms with Crippen molar-refractivity contribution in [1.29, 1.82) is 0 Å². The predicted octanol–water partition coefficient (Wildman–Crippen LogP) is 4.67. The van der Waals surface area contributed by atoms with Crippen molar-refractivity contribution >= 4 is 23.4 Å². The molecule has 0 aromatic heterocycles. The number of methoxy groups -OCH3 is 1. The van der Waals surface area contributed by atoms with E-state index in [9.17, 15) is 4.79 Å². The van der Waals surface area contributed by atoms with Crippen molar-refractivity contribution in [3.63, 3.8) is 0 Å². The van der Waals surface area contributed by atoms with Crippen LogP contribution in [0.15, 0.2) is 48.5 Å². The molecule has 0 spiro atoms. The average molecular weight is 438 g/mol. The second-order valence-electron chi connectivity index (χ2n) is 7.87. The van der Waals surface area contributed by atoms with E-state index in [0.717, 1.165) is 68.3 Å². The molecule has 3 rings (SSSR count). The smallest absolute Gasteiger partial charge is 0.248 e. The Balaban J connectivity index is 1.63. The molecule has 0 atom stereocenters. The zero-order valence-electron chi connectivity index (χ0n) is 19.5. The van der Waals surface area contributed by atoms with Gasteiger partial charge in [-0.3, -0.25) is 4.79 Å². The van der Waals surface area contributed by atoms with Crippen molar-refractivity contribution in [3.05, 3.63) is 54.1 Å². The molecule has 1 heterocycles. The highest BCUT2D eigenvalue weighted by atomic mass is 16.5. The number of ether oxygens (including phenoxy) is 2. The molecule has 0 radical (unpaired) electrons. The second-order valence-corrected chi connectivity index (χ2v) is 7.87. The fraction of sp³-hybridized carbons (Fsp3) is 0.423. The molecule has 1 N–H and O–H groups in total. The molecular formula is C26H35N3O3. The molecule has 172 valence electrons. The summed E-state index contributed by atoms with van der Waals surface area (Å²) in [7, 11) is 1.62. The van der Waals surface area contributed by atoms with E-state index in [4.69, 9.17) is 9.47 Å². The van der Waals surface area contributed by atoms with Gasteiger partial charge in [-0.25, -0.2) is 0 Å². The highest BCUT2D eigenvalue weighted by Crippen LogP contribution is 2.29. The quantitative estimate of drug-likeness (QED) is 0.433. The number of hydrogen-bond donors (Lipinski definition) is 1. The SMILES string of the molecule is CCCCOc1ccc(/C=C/C(=O)Nc2ccccc2N2CCN(CC)CC2)cc1OC. The number of para-hydroxylation sites is 2. The summed E-state index contributed by atoms with van der Waals surface area (Å²) in [5.74, 6) is 1.23. The number of nitrogens with zero attached hydrogens (tertiary/aromatic N) is 2. The molecule has 1 aliphatic heterocycles. The van der Waals surface area contributed by atoms with Crippen LogP contribution >= 0.6 is 0 Å². The van der Waals surface area contributed by atoms with Crippen molar-refractivity contribution < 1.29 is 14.3 Å². The monoisotopic (exact) mass is 437 g/mol. The Kier molecular flexibility index (Phi) is 8.99. The molecule has 1 amide bonds. The largest absolute Gasteiger partial charge is 0.493 e. The summed E-state index contributed by atoms with van der Waals surface area (Å²) >= 11 is 0. The molecule has 0 unspecified atom stereocenters. The second kappa shape index (κ2) is 12.2. The van der Waals surface area contributed by atoms with Crippen molar-refractivity contribution in [1.82, 2.24) is 4.90 Å². The number of carbonyl (C=O) groups excluding carboxylic acids is 1. The Morgan fingerprint density at radius 1 is 1.06 bits per heavy atom. The molecule has 2 aromatic carbocycles. The highest BCUT2D eigenvalue weighted by Gasteiger charge is 2.18. The molecule has 32 heavy (non-hydrogen) atoms. The number of piperazine rings is 1. The number of benzene rings is 2. The number of carbonyl (C=O) groups is 1. The summed E-state index contributed by atoms with van der Waals surface area (Å²) in [6, 6.07) is 13.7. The van der Waals surface area contributed by atoms with Gasteiger partial charge in [0.1, 0.15) is 0 Å². The molecule has 0 saturated carbocycles. The lowest BCUT2D eigenvalue weighted by Gasteiger charge is -2.36. The van der Waals surface area contributed by atoms with Gasteiger partial charge in [0.15, 0.2) is 11.5 Å².